The van der Waals surface area contributed by atoms with Crippen molar-refractivity contribution < 1.29 is 17.9 Å². The molecule has 2 atom stereocenters. The summed E-state index contributed by atoms with van der Waals surface area (Å²) in [5.41, 5.74) is 5.80. The Hall–Kier alpha value is -1.82. The van der Waals surface area contributed by atoms with E-state index < -0.39 is 10.2 Å². The highest BCUT2D eigenvalue weighted by Crippen LogP contribution is 2.19. The van der Waals surface area contributed by atoms with E-state index in [-0.39, 0.29) is 55.8 Å². The molecule has 3 heterocycles. The quantitative estimate of drug-likeness (QED) is 0.722. The number of carbonyl (C=O) groups is 1. The maximum atomic E-state index is 12.9. The zero-order valence-corrected chi connectivity index (χ0v) is 15.7. The number of hydrogen-bond acceptors (Lipinski definition) is 7. The van der Waals surface area contributed by atoms with Gasteiger partial charge in [-0.3, -0.25) is 4.79 Å². The number of morpholine rings is 1. The highest BCUT2D eigenvalue weighted by atomic mass is 32.2. The number of nitrogens with two attached hydrogens (primary N) is 1. The van der Waals surface area contributed by atoms with Gasteiger partial charge < -0.3 is 15.4 Å². The molecule has 0 radical (unpaired) electrons. The first-order valence-corrected chi connectivity index (χ1v) is 9.95. The number of carbonyl (C=O) groups excluding carboxylic acids is 1. The fraction of sp³-hybridized carbons (Fsp3) is 0.667. The summed E-state index contributed by atoms with van der Waals surface area (Å²) in [4.78, 5) is 21.9. The second-order valence-corrected chi connectivity index (χ2v) is 8.49. The van der Waals surface area contributed by atoms with E-state index in [2.05, 4.69) is 9.97 Å². The first-order chi connectivity index (χ1) is 12.3. The van der Waals surface area contributed by atoms with Crippen molar-refractivity contribution in [3.63, 3.8) is 0 Å². The maximum Gasteiger partial charge on any atom is 0.282 e. The van der Waals surface area contributed by atoms with Crippen LogP contribution in [0.5, 0.6) is 0 Å². The van der Waals surface area contributed by atoms with Crippen molar-refractivity contribution in [2.45, 2.75) is 26.1 Å². The van der Waals surface area contributed by atoms with E-state index in [1.165, 1.54) is 21.0 Å². The van der Waals surface area contributed by atoms with Crippen LogP contribution in [0.4, 0.5) is 5.82 Å². The Morgan fingerprint density at radius 1 is 1.08 bits per heavy atom. The van der Waals surface area contributed by atoms with Crippen LogP contribution < -0.4 is 5.73 Å². The minimum Gasteiger partial charge on any atom is -0.382 e. The molecule has 10 nitrogen and oxygen atoms in total. The fourth-order valence-electron chi connectivity index (χ4n) is 3.27. The van der Waals surface area contributed by atoms with E-state index in [1.807, 2.05) is 13.8 Å². The van der Waals surface area contributed by atoms with Crippen molar-refractivity contribution in [3.05, 3.63) is 18.1 Å². The second kappa shape index (κ2) is 7.43. The number of anilines is 1. The Balaban J connectivity index is 1.64. The Morgan fingerprint density at radius 3 is 2.23 bits per heavy atom. The molecule has 0 saturated carbocycles. The van der Waals surface area contributed by atoms with E-state index in [0.717, 1.165) is 0 Å². The molecule has 1 aromatic rings. The third-order valence-corrected chi connectivity index (χ3v) is 6.46. The first kappa shape index (κ1) is 19.0. The van der Waals surface area contributed by atoms with Crippen molar-refractivity contribution in [2.75, 3.05) is 45.0 Å². The Bertz CT molecular complexity index is 755. The van der Waals surface area contributed by atoms with E-state index >= 15 is 0 Å². The number of aromatic nitrogens is 2. The number of nitrogen functional groups attached to an aromatic ring is 1. The molecular formula is C15H24N6O4S. The number of piperazine rings is 1. The molecule has 2 aliphatic rings. The van der Waals surface area contributed by atoms with Gasteiger partial charge in [0, 0.05) is 51.7 Å². The predicted molar refractivity (Wildman–Crippen MR) is 94.4 cm³/mol. The van der Waals surface area contributed by atoms with E-state index in [1.54, 1.807) is 4.90 Å². The van der Waals surface area contributed by atoms with Gasteiger partial charge in [0.05, 0.1) is 12.2 Å². The lowest BCUT2D eigenvalue weighted by molar-refractivity contribution is -0.0457. The third-order valence-electron chi connectivity index (χ3n) is 4.49. The van der Waals surface area contributed by atoms with Gasteiger partial charge in [-0.05, 0) is 13.8 Å². The molecule has 1 aromatic heterocycles. The van der Waals surface area contributed by atoms with Gasteiger partial charge >= 0.3 is 0 Å². The molecule has 0 unspecified atom stereocenters. The monoisotopic (exact) mass is 384 g/mol. The molecule has 11 heteroatoms. The highest BCUT2D eigenvalue weighted by Gasteiger charge is 2.37. The van der Waals surface area contributed by atoms with Crippen LogP contribution in [-0.2, 0) is 14.9 Å². The summed E-state index contributed by atoms with van der Waals surface area (Å²) in [5, 5.41) is 0. The third kappa shape index (κ3) is 3.80. The highest BCUT2D eigenvalue weighted by molar-refractivity contribution is 7.86. The average molecular weight is 384 g/mol. The number of rotatable bonds is 3. The molecule has 2 saturated heterocycles. The van der Waals surface area contributed by atoms with Gasteiger partial charge in [0.25, 0.3) is 16.1 Å². The summed E-state index contributed by atoms with van der Waals surface area (Å²) in [6, 6.07) is 0. The SMILES string of the molecule is C[C@H]1CN(S(=O)(=O)N2CCN(C(=O)c3nccnc3N)CC2)C[C@H](C)O1. The molecule has 1 amide bonds. The van der Waals surface area contributed by atoms with Gasteiger partial charge in [0.2, 0.25) is 0 Å². The molecule has 0 spiro atoms. The van der Waals surface area contributed by atoms with Gasteiger partial charge in [0.15, 0.2) is 11.5 Å². The molecule has 144 valence electrons. The zero-order chi connectivity index (χ0) is 18.9. The van der Waals surface area contributed by atoms with E-state index in [0.29, 0.717) is 13.1 Å². The number of amides is 1. The second-order valence-electron chi connectivity index (χ2n) is 6.56. The van der Waals surface area contributed by atoms with Gasteiger partial charge in [-0.15, -0.1) is 0 Å². The number of ether oxygens (including phenoxy) is 1. The largest absolute Gasteiger partial charge is 0.382 e. The molecule has 26 heavy (non-hydrogen) atoms. The van der Waals surface area contributed by atoms with Crippen molar-refractivity contribution in [2.24, 2.45) is 0 Å². The summed E-state index contributed by atoms with van der Waals surface area (Å²) >= 11 is 0. The van der Waals surface area contributed by atoms with Gasteiger partial charge in [-0.1, -0.05) is 0 Å². The van der Waals surface area contributed by atoms with Gasteiger partial charge in [0.1, 0.15) is 0 Å². The molecular weight excluding hydrogens is 360 g/mol. The molecule has 3 rings (SSSR count). The van der Waals surface area contributed by atoms with Crippen LogP contribution in [-0.4, -0.2) is 89.3 Å². The average Bonchev–Trinajstić information content (AvgIpc) is 2.61. The minimum atomic E-state index is -3.58. The molecule has 0 bridgehead atoms. The van der Waals surface area contributed by atoms with E-state index in [4.69, 9.17) is 10.5 Å². The molecule has 0 aromatic carbocycles. The molecule has 2 fully saturated rings. The van der Waals surface area contributed by atoms with Crippen LogP contribution in [0, 0.1) is 0 Å². The van der Waals surface area contributed by atoms with Crippen LogP contribution in [0.15, 0.2) is 12.4 Å². The Morgan fingerprint density at radius 2 is 1.65 bits per heavy atom. The van der Waals surface area contributed by atoms with Crippen molar-refractivity contribution in [1.82, 2.24) is 23.5 Å². The standard InChI is InChI=1S/C15H24N6O4S/c1-11-9-21(10-12(2)25-11)26(23,24)20-7-5-19(6-8-20)15(22)13-14(16)18-4-3-17-13/h3-4,11-12H,5-10H2,1-2H3,(H2,16,18)/t11-,12-/m0/s1. The maximum absolute atomic E-state index is 12.9. The lowest BCUT2D eigenvalue weighted by Crippen LogP contribution is -2.57. The summed E-state index contributed by atoms with van der Waals surface area (Å²) in [6.07, 6.45) is 2.54. The summed E-state index contributed by atoms with van der Waals surface area (Å²) in [7, 11) is -3.58. The lowest BCUT2D eigenvalue weighted by Gasteiger charge is -2.40. The zero-order valence-electron chi connectivity index (χ0n) is 14.9. The van der Waals surface area contributed by atoms with Gasteiger partial charge in [-0.25, -0.2) is 9.97 Å². The minimum absolute atomic E-state index is 0.0730. The molecule has 0 aliphatic carbocycles. The Kier molecular flexibility index (Phi) is 5.42. The van der Waals surface area contributed by atoms with Crippen LogP contribution in [0.25, 0.3) is 0 Å². The van der Waals surface area contributed by atoms with Crippen molar-refractivity contribution in [1.29, 1.82) is 0 Å². The summed E-state index contributed by atoms with van der Waals surface area (Å²) < 4.78 is 34.3. The lowest BCUT2D eigenvalue weighted by atomic mass is 10.3. The van der Waals surface area contributed by atoms with Crippen molar-refractivity contribution >= 4 is 21.9 Å². The smallest absolute Gasteiger partial charge is 0.282 e. The number of hydrogen-bond donors (Lipinski definition) is 1. The molecule has 2 aliphatic heterocycles. The van der Waals surface area contributed by atoms with Crippen LogP contribution in [0.1, 0.15) is 24.3 Å². The first-order valence-electron chi connectivity index (χ1n) is 8.55. The van der Waals surface area contributed by atoms with Crippen LogP contribution in [0.2, 0.25) is 0 Å². The normalized spacial score (nSPS) is 26.0. The summed E-state index contributed by atoms with van der Waals surface area (Å²) in [5.74, 6) is -0.259. The molecule has 2 N–H and O–H groups in total. The van der Waals surface area contributed by atoms with Gasteiger partial charge in [-0.2, -0.15) is 17.0 Å². The van der Waals surface area contributed by atoms with Crippen LogP contribution in [0.3, 0.4) is 0 Å². The number of nitrogens with zero attached hydrogens (tertiary/aromatic N) is 5. The topological polar surface area (TPSA) is 122 Å². The Labute approximate surface area is 153 Å². The van der Waals surface area contributed by atoms with Crippen molar-refractivity contribution in [3.8, 4) is 0 Å². The summed E-state index contributed by atoms with van der Waals surface area (Å²) in [6.45, 7) is 5.42. The fourth-order valence-corrected chi connectivity index (χ4v) is 5.02. The van der Waals surface area contributed by atoms with Crippen LogP contribution >= 0.6 is 0 Å². The van der Waals surface area contributed by atoms with E-state index in [9.17, 15) is 13.2 Å². The predicted octanol–water partition coefficient (Wildman–Crippen LogP) is -0.829.